The maximum atomic E-state index is 5.65. The van der Waals surface area contributed by atoms with Crippen LogP contribution in [0.2, 0.25) is 0 Å². The molecule has 1 aromatic carbocycles. The summed E-state index contributed by atoms with van der Waals surface area (Å²) < 4.78 is 1.97. The molecule has 0 aliphatic carbocycles. The highest BCUT2D eigenvalue weighted by Crippen LogP contribution is 2.19. The maximum absolute atomic E-state index is 5.65. The summed E-state index contributed by atoms with van der Waals surface area (Å²) in [5.41, 5.74) is 10.0. The van der Waals surface area contributed by atoms with Gasteiger partial charge in [-0.2, -0.15) is 5.10 Å². The summed E-state index contributed by atoms with van der Waals surface area (Å²) in [4.78, 5) is 0. The Hall–Kier alpha value is -1.81. The van der Waals surface area contributed by atoms with E-state index in [0.29, 0.717) is 0 Å². The van der Waals surface area contributed by atoms with Gasteiger partial charge in [0.1, 0.15) is 0 Å². The van der Waals surface area contributed by atoms with Crippen molar-refractivity contribution in [2.45, 2.75) is 13.1 Å². The Labute approximate surface area is 87.7 Å². The van der Waals surface area contributed by atoms with Crippen LogP contribution in [0.15, 0.2) is 30.5 Å². The Kier molecular flexibility index (Phi) is 1.76. The molecule has 15 heavy (non-hydrogen) atoms. The van der Waals surface area contributed by atoms with Crippen LogP contribution in [0.1, 0.15) is 11.3 Å². The number of nitrogens with zero attached hydrogens (tertiary/aromatic N) is 2. The van der Waals surface area contributed by atoms with Gasteiger partial charge in [0, 0.05) is 24.3 Å². The molecule has 3 rings (SSSR count). The van der Waals surface area contributed by atoms with E-state index in [4.69, 9.17) is 5.73 Å². The number of benzene rings is 1. The lowest BCUT2D eigenvalue weighted by molar-refractivity contribution is 0.711. The van der Waals surface area contributed by atoms with E-state index in [1.807, 2.05) is 35.1 Å². The third-order valence-corrected chi connectivity index (χ3v) is 2.70. The number of aromatic nitrogens is 2. The van der Waals surface area contributed by atoms with E-state index >= 15 is 0 Å². The molecule has 0 atom stereocenters. The van der Waals surface area contributed by atoms with Gasteiger partial charge >= 0.3 is 0 Å². The Morgan fingerprint density at radius 1 is 1.20 bits per heavy atom. The lowest BCUT2D eigenvalue weighted by Gasteiger charge is -2.05. The molecule has 0 unspecified atom stereocenters. The van der Waals surface area contributed by atoms with E-state index in [2.05, 4.69) is 10.4 Å². The fourth-order valence-corrected chi connectivity index (χ4v) is 1.90. The number of nitrogens with one attached hydrogen (secondary N) is 1. The van der Waals surface area contributed by atoms with E-state index in [9.17, 15) is 0 Å². The average molecular weight is 200 g/mol. The van der Waals surface area contributed by atoms with Gasteiger partial charge in [0.05, 0.1) is 17.6 Å². The minimum absolute atomic E-state index is 0.778. The van der Waals surface area contributed by atoms with Crippen LogP contribution < -0.4 is 11.1 Å². The van der Waals surface area contributed by atoms with E-state index in [-0.39, 0.29) is 0 Å². The highest BCUT2D eigenvalue weighted by atomic mass is 15.3. The van der Waals surface area contributed by atoms with Gasteiger partial charge in [-0.3, -0.25) is 0 Å². The number of fused-ring (bicyclic) bond motifs is 1. The van der Waals surface area contributed by atoms with Crippen molar-refractivity contribution >= 4 is 5.69 Å². The van der Waals surface area contributed by atoms with Crippen molar-refractivity contribution in [1.82, 2.24) is 15.1 Å². The zero-order chi connectivity index (χ0) is 10.3. The summed E-state index contributed by atoms with van der Waals surface area (Å²) in [6, 6.07) is 7.76. The molecule has 4 nitrogen and oxygen atoms in total. The first-order valence-electron chi connectivity index (χ1n) is 4.97. The predicted molar refractivity (Wildman–Crippen MR) is 58.5 cm³/mol. The number of hydrogen-bond donors (Lipinski definition) is 2. The van der Waals surface area contributed by atoms with Crippen LogP contribution in [0.5, 0.6) is 0 Å². The van der Waals surface area contributed by atoms with Gasteiger partial charge in [-0.1, -0.05) is 0 Å². The maximum Gasteiger partial charge on any atom is 0.0651 e. The Morgan fingerprint density at radius 3 is 2.80 bits per heavy atom. The number of anilines is 1. The van der Waals surface area contributed by atoms with Gasteiger partial charge in [-0.25, -0.2) is 4.68 Å². The van der Waals surface area contributed by atoms with Gasteiger partial charge in [-0.05, 0) is 24.3 Å². The van der Waals surface area contributed by atoms with Crippen LogP contribution in [-0.4, -0.2) is 9.78 Å². The zero-order valence-electron chi connectivity index (χ0n) is 8.27. The van der Waals surface area contributed by atoms with E-state index in [1.165, 1.54) is 11.3 Å². The minimum Gasteiger partial charge on any atom is -0.399 e. The highest BCUT2D eigenvalue weighted by molar-refractivity contribution is 5.46. The molecule has 0 spiro atoms. The normalized spacial score (nSPS) is 14.1. The number of rotatable bonds is 1. The fraction of sp³-hybridized carbons (Fsp3) is 0.182. The molecule has 0 fully saturated rings. The van der Waals surface area contributed by atoms with Gasteiger partial charge in [0.15, 0.2) is 0 Å². The molecule has 3 N–H and O–H groups in total. The van der Waals surface area contributed by atoms with Crippen LogP contribution in [0, 0.1) is 0 Å². The molecule has 1 aromatic heterocycles. The molecule has 2 aromatic rings. The van der Waals surface area contributed by atoms with Crippen LogP contribution in [0.25, 0.3) is 5.69 Å². The first-order chi connectivity index (χ1) is 7.34. The zero-order valence-corrected chi connectivity index (χ0v) is 8.27. The molecule has 0 saturated carbocycles. The lowest BCUT2D eigenvalue weighted by Crippen LogP contribution is -2.07. The van der Waals surface area contributed by atoms with Gasteiger partial charge in [-0.15, -0.1) is 0 Å². The molecule has 0 amide bonds. The summed E-state index contributed by atoms with van der Waals surface area (Å²) >= 11 is 0. The summed E-state index contributed by atoms with van der Waals surface area (Å²) in [5.74, 6) is 0. The molecule has 76 valence electrons. The van der Waals surface area contributed by atoms with E-state index < -0.39 is 0 Å². The number of nitrogen functional groups attached to an aromatic ring is 1. The molecule has 1 aliphatic heterocycles. The third-order valence-electron chi connectivity index (χ3n) is 2.70. The number of nitrogens with two attached hydrogens (primary N) is 1. The van der Waals surface area contributed by atoms with E-state index in [0.717, 1.165) is 24.5 Å². The summed E-state index contributed by atoms with van der Waals surface area (Å²) in [7, 11) is 0. The van der Waals surface area contributed by atoms with Crippen LogP contribution >= 0.6 is 0 Å². The SMILES string of the molecule is Nc1ccc(-n2ncc3c2CNC3)cc1. The average Bonchev–Trinajstić information content (AvgIpc) is 2.80. The van der Waals surface area contributed by atoms with Crippen LogP contribution in [0.4, 0.5) is 5.69 Å². The van der Waals surface area contributed by atoms with Crippen molar-refractivity contribution in [3.63, 3.8) is 0 Å². The van der Waals surface area contributed by atoms with Crippen molar-refractivity contribution in [3.05, 3.63) is 41.7 Å². The standard InChI is InChI=1S/C11H12N4/c12-9-1-3-10(4-2-9)15-11-7-13-5-8(11)6-14-15/h1-4,6,13H,5,7,12H2. The lowest BCUT2D eigenvalue weighted by atomic mass is 10.2. The van der Waals surface area contributed by atoms with Crippen molar-refractivity contribution < 1.29 is 0 Å². The highest BCUT2D eigenvalue weighted by Gasteiger charge is 2.16. The second-order valence-corrected chi connectivity index (χ2v) is 3.72. The topological polar surface area (TPSA) is 55.9 Å². The van der Waals surface area contributed by atoms with Gasteiger partial charge < -0.3 is 11.1 Å². The quantitative estimate of drug-likeness (QED) is 0.677. The van der Waals surface area contributed by atoms with Crippen molar-refractivity contribution in [2.24, 2.45) is 0 Å². The summed E-state index contributed by atoms with van der Waals surface area (Å²) in [6.45, 7) is 1.81. The third kappa shape index (κ3) is 1.30. The van der Waals surface area contributed by atoms with Crippen molar-refractivity contribution in [1.29, 1.82) is 0 Å². The Morgan fingerprint density at radius 2 is 2.00 bits per heavy atom. The molecule has 4 heteroatoms. The first kappa shape index (κ1) is 8.49. The van der Waals surface area contributed by atoms with Crippen molar-refractivity contribution in [2.75, 3.05) is 5.73 Å². The molecule has 0 bridgehead atoms. The summed E-state index contributed by atoms with van der Waals surface area (Å²) in [5, 5.41) is 7.68. The first-order valence-corrected chi connectivity index (χ1v) is 4.97. The van der Waals surface area contributed by atoms with Gasteiger partial charge in [0.25, 0.3) is 0 Å². The summed E-state index contributed by atoms with van der Waals surface area (Å²) in [6.07, 6.45) is 1.92. The number of hydrogen-bond acceptors (Lipinski definition) is 3. The van der Waals surface area contributed by atoms with Crippen LogP contribution in [0.3, 0.4) is 0 Å². The van der Waals surface area contributed by atoms with Crippen LogP contribution in [-0.2, 0) is 13.1 Å². The molecule has 2 heterocycles. The smallest absolute Gasteiger partial charge is 0.0651 e. The minimum atomic E-state index is 0.778. The fourth-order valence-electron chi connectivity index (χ4n) is 1.90. The van der Waals surface area contributed by atoms with E-state index in [1.54, 1.807) is 0 Å². The molecular weight excluding hydrogens is 188 g/mol. The second kappa shape index (κ2) is 3.10. The molecule has 0 radical (unpaired) electrons. The Balaban J connectivity index is 2.09. The predicted octanol–water partition coefficient (Wildman–Crippen LogP) is 1.06. The molecular formula is C11H12N4. The molecule has 1 aliphatic rings. The van der Waals surface area contributed by atoms with Crippen molar-refractivity contribution in [3.8, 4) is 5.69 Å². The van der Waals surface area contributed by atoms with Gasteiger partial charge in [0.2, 0.25) is 0 Å². The monoisotopic (exact) mass is 200 g/mol. The second-order valence-electron chi connectivity index (χ2n) is 3.72. The largest absolute Gasteiger partial charge is 0.399 e. The Bertz CT molecular complexity index is 484. The molecule has 0 saturated heterocycles.